The van der Waals surface area contributed by atoms with Crippen LogP contribution in [0.2, 0.25) is 5.02 Å². The van der Waals surface area contributed by atoms with E-state index >= 15 is 0 Å². The lowest BCUT2D eigenvalue weighted by Gasteiger charge is -2.11. The Kier molecular flexibility index (Phi) is 5.59. The van der Waals surface area contributed by atoms with E-state index in [1.807, 2.05) is 37.4 Å². The second kappa shape index (κ2) is 7.43. The average molecular weight is 294 g/mol. The number of imidazole rings is 1. The molecule has 0 aliphatic carbocycles. The molecule has 0 saturated heterocycles. The first-order valence-corrected chi connectivity index (χ1v) is 7.03. The number of rotatable bonds is 7. The molecule has 1 heterocycles. The van der Waals surface area contributed by atoms with Gasteiger partial charge in [-0.05, 0) is 24.6 Å². The number of aromatic nitrogens is 2. The lowest BCUT2D eigenvalue weighted by molar-refractivity contribution is 0.199. The van der Waals surface area contributed by atoms with Gasteiger partial charge < -0.3 is 14.6 Å². The number of nitrogens with one attached hydrogen (secondary N) is 1. The van der Waals surface area contributed by atoms with Crippen LogP contribution in [-0.2, 0) is 17.8 Å². The predicted molar refractivity (Wildman–Crippen MR) is 81.1 cm³/mol. The molecular weight excluding hydrogens is 274 g/mol. The highest BCUT2D eigenvalue weighted by Crippen LogP contribution is 2.13. The zero-order chi connectivity index (χ0) is 14.4. The van der Waals surface area contributed by atoms with Gasteiger partial charge in [0.15, 0.2) is 0 Å². The molecule has 2 aromatic rings. The Morgan fingerprint density at radius 1 is 1.30 bits per heavy atom. The van der Waals surface area contributed by atoms with Gasteiger partial charge in [-0.15, -0.1) is 0 Å². The molecule has 0 fully saturated rings. The minimum atomic E-state index is 0.713. The smallest absolute Gasteiger partial charge is 0.106 e. The third-order valence-corrected chi connectivity index (χ3v) is 3.43. The van der Waals surface area contributed by atoms with E-state index in [1.165, 1.54) is 11.3 Å². The van der Waals surface area contributed by atoms with Crippen LogP contribution in [0, 0.1) is 6.92 Å². The highest BCUT2D eigenvalue weighted by atomic mass is 35.5. The average Bonchev–Trinajstić information content (AvgIpc) is 2.79. The molecule has 0 radical (unpaired) electrons. The van der Waals surface area contributed by atoms with Gasteiger partial charge >= 0.3 is 0 Å². The fraction of sp³-hybridized carbons (Fsp3) is 0.400. The van der Waals surface area contributed by atoms with Crippen LogP contribution in [0.1, 0.15) is 17.1 Å². The van der Waals surface area contributed by atoms with Crippen LogP contribution in [0.3, 0.4) is 0 Å². The molecule has 0 amide bonds. The van der Waals surface area contributed by atoms with Crippen molar-refractivity contribution < 1.29 is 4.74 Å². The van der Waals surface area contributed by atoms with Crippen LogP contribution in [0.25, 0.3) is 0 Å². The molecule has 2 rings (SSSR count). The van der Waals surface area contributed by atoms with Gasteiger partial charge in [0, 0.05) is 38.0 Å². The first-order valence-electron chi connectivity index (χ1n) is 6.66. The number of hydrogen-bond donors (Lipinski definition) is 1. The van der Waals surface area contributed by atoms with E-state index in [1.54, 1.807) is 7.11 Å². The van der Waals surface area contributed by atoms with Gasteiger partial charge in [-0.3, -0.25) is 0 Å². The molecule has 5 heteroatoms. The summed E-state index contributed by atoms with van der Waals surface area (Å²) in [7, 11) is 1.70. The van der Waals surface area contributed by atoms with Gasteiger partial charge in [0.25, 0.3) is 0 Å². The summed E-state index contributed by atoms with van der Waals surface area (Å²) in [4.78, 5) is 4.39. The van der Waals surface area contributed by atoms with Crippen molar-refractivity contribution in [1.82, 2.24) is 14.9 Å². The van der Waals surface area contributed by atoms with Gasteiger partial charge in [0.05, 0.1) is 12.3 Å². The van der Waals surface area contributed by atoms with Crippen LogP contribution in [-0.4, -0.2) is 29.8 Å². The third-order valence-electron chi connectivity index (χ3n) is 3.18. The molecule has 0 unspecified atom stereocenters. The summed E-state index contributed by atoms with van der Waals surface area (Å²) in [6.45, 7) is 5.17. The molecule has 0 aliphatic rings. The van der Waals surface area contributed by atoms with Crippen molar-refractivity contribution in [1.29, 1.82) is 0 Å². The standard InChI is InChI=1S/C15H20ClN3O/c1-12-18-10-15(9-17-7-8-20-2)19(12)11-13-3-5-14(16)6-4-13/h3-6,10,17H,7-9,11H2,1-2H3. The van der Waals surface area contributed by atoms with Crippen molar-refractivity contribution in [2.24, 2.45) is 0 Å². The number of halogens is 1. The highest BCUT2D eigenvalue weighted by Gasteiger charge is 2.07. The lowest BCUT2D eigenvalue weighted by Crippen LogP contribution is -2.21. The lowest BCUT2D eigenvalue weighted by atomic mass is 10.2. The minimum absolute atomic E-state index is 0.713. The Labute approximate surface area is 124 Å². The Morgan fingerprint density at radius 3 is 2.75 bits per heavy atom. The van der Waals surface area contributed by atoms with E-state index in [-0.39, 0.29) is 0 Å². The third kappa shape index (κ3) is 4.07. The van der Waals surface area contributed by atoms with Crippen molar-refractivity contribution >= 4 is 11.6 Å². The van der Waals surface area contributed by atoms with Crippen molar-refractivity contribution in [3.05, 3.63) is 52.6 Å². The molecular formula is C15H20ClN3O. The summed E-state index contributed by atoms with van der Waals surface area (Å²) in [5.74, 6) is 1.02. The number of benzene rings is 1. The Morgan fingerprint density at radius 2 is 2.05 bits per heavy atom. The maximum atomic E-state index is 5.91. The number of ether oxygens (including phenoxy) is 1. The summed E-state index contributed by atoms with van der Waals surface area (Å²) >= 11 is 5.91. The van der Waals surface area contributed by atoms with Crippen LogP contribution in [0.4, 0.5) is 0 Å². The minimum Gasteiger partial charge on any atom is -0.383 e. The fourth-order valence-electron chi connectivity index (χ4n) is 2.04. The maximum Gasteiger partial charge on any atom is 0.106 e. The van der Waals surface area contributed by atoms with Gasteiger partial charge in [0.1, 0.15) is 5.82 Å². The number of aryl methyl sites for hydroxylation is 1. The summed E-state index contributed by atoms with van der Waals surface area (Å²) in [6, 6.07) is 7.92. The van der Waals surface area contributed by atoms with Crippen molar-refractivity contribution in [3.63, 3.8) is 0 Å². The molecule has 0 aliphatic heterocycles. The maximum absolute atomic E-state index is 5.91. The molecule has 0 bridgehead atoms. The largest absolute Gasteiger partial charge is 0.383 e. The molecule has 0 atom stereocenters. The fourth-order valence-corrected chi connectivity index (χ4v) is 2.16. The van der Waals surface area contributed by atoms with E-state index in [2.05, 4.69) is 14.9 Å². The Balaban J connectivity index is 2.03. The SMILES string of the molecule is COCCNCc1cnc(C)n1Cc1ccc(Cl)cc1. The summed E-state index contributed by atoms with van der Waals surface area (Å²) in [6.07, 6.45) is 1.92. The van der Waals surface area contributed by atoms with Crippen LogP contribution >= 0.6 is 11.6 Å². The van der Waals surface area contributed by atoms with Gasteiger partial charge in [-0.1, -0.05) is 23.7 Å². The van der Waals surface area contributed by atoms with Gasteiger partial charge in [-0.25, -0.2) is 4.98 Å². The summed E-state index contributed by atoms with van der Waals surface area (Å²) in [5, 5.41) is 4.11. The Bertz CT molecular complexity index is 537. The molecule has 20 heavy (non-hydrogen) atoms. The monoisotopic (exact) mass is 293 g/mol. The number of nitrogens with zero attached hydrogens (tertiary/aromatic N) is 2. The van der Waals surface area contributed by atoms with E-state index in [9.17, 15) is 0 Å². The van der Waals surface area contributed by atoms with E-state index in [0.717, 1.165) is 30.5 Å². The van der Waals surface area contributed by atoms with Gasteiger partial charge in [0.2, 0.25) is 0 Å². The number of hydrogen-bond acceptors (Lipinski definition) is 3. The molecule has 0 spiro atoms. The summed E-state index contributed by atoms with van der Waals surface area (Å²) < 4.78 is 7.24. The zero-order valence-electron chi connectivity index (χ0n) is 11.9. The molecule has 4 nitrogen and oxygen atoms in total. The Hall–Kier alpha value is -1.36. The molecule has 0 saturated carbocycles. The first kappa shape index (κ1) is 15.0. The molecule has 1 aromatic heterocycles. The van der Waals surface area contributed by atoms with Crippen LogP contribution in [0.5, 0.6) is 0 Å². The highest BCUT2D eigenvalue weighted by molar-refractivity contribution is 6.30. The quantitative estimate of drug-likeness (QED) is 0.798. The van der Waals surface area contributed by atoms with Gasteiger partial charge in [-0.2, -0.15) is 0 Å². The van der Waals surface area contributed by atoms with Crippen molar-refractivity contribution in [3.8, 4) is 0 Å². The molecule has 1 N–H and O–H groups in total. The second-order valence-corrected chi connectivity index (χ2v) is 5.12. The molecule has 1 aromatic carbocycles. The zero-order valence-corrected chi connectivity index (χ0v) is 12.7. The van der Waals surface area contributed by atoms with Crippen molar-refractivity contribution in [2.45, 2.75) is 20.0 Å². The topological polar surface area (TPSA) is 39.1 Å². The van der Waals surface area contributed by atoms with Crippen molar-refractivity contribution in [2.75, 3.05) is 20.3 Å². The van der Waals surface area contributed by atoms with E-state index in [4.69, 9.17) is 16.3 Å². The predicted octanol–water partition coefficient (Wildman–Crippen LogP) is 2.63. The van der Waals surface area contributed by atoms with E-state index < -0.39 is 0 Å². The second-order valence-electron chi connectivity index (χ2n) is 4.68. The number of methoxy groups -OCH3 is 1. The van der Waals surface area contributed by atoms with E-state index in [0.29, 0.717) is 6.61 Å². The molecule has 108 valence electrons. The van der Waals surface area contributed by atoms with Crippen LogP contribution in [0.15, 0.2) is 30.5 Å². The summed E-state index contributed by atoms with van der Waals surface area (Å²) in [5.41, 5.74) is 2.39. The first-order chi connectivity index (χ1) is 9.70. The van der Waals surface area contributed by atoms with Crippen LogP contribution < -0.4 is 5.32 Å². The normalized spacial score (nSPS) is 10.9.